The summed E-state index contributed by atoms with van der Waals surface area (Å²) in [5.74, 6) is -2.03. The third-order valence-electron chi connectivity index (χ3n) is 6.89. The van der Waals surface area contributed by atoms with Gasteiger partial charge >= 0.3 is 11.9 Å². The van der Waals surface area contributed by atoms with Crippen molar-refractivity contribution in [1.29, 1.82) is 0 Å². The van der Waals surface area contributed by atoms with Gasteiger partial charge in [0, 0.05) is 0 Å². The van der Waals surface area contributed by atoms with E-state index in [1.165, 1.54) is 22.3 Å². The first-order chi connectivity index (χ1) is 19.8. The molecule has 0 amide bonds. The van der Waals surface area contributed by atoms with Gasteiger partial charge in [0.05, 0.1) is 0 Å². The van der Waals surface area contributed by atoms with Crippen molar-refractivity contribution < 1.29 is 19.1 Å². The molecule has 236 valence electrons. The van der Waals surface area contributed by atoms with Crippen molar-refractivity contribution in [3.05, 3.63) is 81.5 Å². The predicted molar refractivity (Wildman–Crippen MR) is 180 cm³/mol. The van der Waals surface area contributed by atoms with Gasteiger partial charge in [0.1, 0.15) is 13.2 Å². The smallest absolute Gasteiger partial charge is 0.320 e. The Morgan fingerprint density at radius 2 is 0.762 bits per heavy atom. The minimum Gasteiger partial charge on any atom is -0.461 e. The Balaban J connectivity index is 5.24. The average molecular weight is 581 g/mol. The summed E-state index contributed by atoms with van der Waals surface area (Å²) in [6, 6.07) is 0. The van der Waals surface area contributed by atoms with Gasteiger partial charge in [0.15, 0.2) is 5.92 Å². The second-order valence-electron chi connectivity index (χ2n) is 12.2. The summed E-state index contributed by atoms with van der Waals surface area (Å²) < 4.78 is 11.1. The lowest BCUT2D eigenvalue weighted by molar-refractivity contribution is -0.160. The standard InChI is InChI=1S/C38H60O4/c1-29(2)15-11-18-32(7)21-14-22-33(8)23-24-36(37(39)41-27-25-34(9)19-12-16-30(3)4)38(40)42-28-26-35(10)20-13-17-31(5)6/h15-17,21,23,25-26,36H,11-14,18-20,22,24,27-28H2,1-10H3/b32-21+,33-23+,34-25-,35-26+. The molecule has 0 heterocycles. The Kier molecular flexibility index (Phi) is 22.0. The van der Waals surface area contributed by atoms with Crippen LogP contribution in [-0.2, 0) is 19.1 Å². The van der Waals surface area contributed by atoms with Gasteiger partial charge in [-0.15, -0.1) is 0 Å². The maximum atomic E-state index is 13.0. The zero-order valence-corrected chi connectivity index (χ0v) is 28.5. The van der Waals surface area contributed by atoms with Crippen LogP contribution >= 0.6 is 0 Å². The van der Waals surface area contributed by atoms with Crippen LogP contribution in [0.3, 0.4) is 0 Å². The number of hydrogen-bond donors (Lipinski definition) is 0. The molecule has 0 aromatic rings. The molecule has 0 aliphatic carbocycles. The van der Waals surface area contributed by atoms with Crippen LogP contribution in [0.5, 0.6) is 0 Å². The molecular formula is C38H60O4. The monoisotopic (exact) mass is 580 g/mol. The highest BCUT2D eigenvalue weighted by molar-refractivity contribution is 5.95. The van der Waals surface area contributed by atoms with Crippen molar-refractivity contribution in [2.24, 2.45) is 5.92 Å². The third-order valence-corrected chi connectivity index (χ3v) is 6.89. The van der Waals surface area contributed by atoms with Crippen LogP contribution in [0.1, 0.15) is 127 Å². The SMILES string of the molecule is CC(C)=CCC/C(C)=C\COC(=O)C(C/C=C(\C)CC/C=C(\C)CCC=C(C)C)C(=O)OC/C=C(\C)CCC=C(C)C. The molecule has 0 aromatic heterocycles. The highest BCUT2D eigenvalue weighted by Crippen LogP contribution is 2.17. The molecule has 0 rings (SSSR count). The Hall–Kier alpha value is -2.88. The Morgan fingerprint density at radius 1 is 0.452 bits per heavy atom. The van der Waals surface area contributed by atoms with Crippen LogP contribution in [0.2, 0.25) is 0 Å². The topological polar surface area (TPSA) is 52.6 Å². The zero-order chi connectivity index (χ0) is 31.9. The first-order valence-corrected chi connectivity index (χ1v) is 15.7. The van der Waals surface area contributed by atoms with E-state index in [1.807, 2.05) is 32.1 Å². The van der Waals surface area contributed by atoms with Gasteiger partial charge in [-0.05, 0) is 139 Å². The Labute approximate surface area is 258 Å². The molecule has 4 heteroatoms. The van der Waals surface area contributed by atoms with Crippen molar-refractivity contribution in [2.75, 3.05) is 13.2 Å². The van der Waals surface area contributed by atoms with Crippen LogP contribution in [0.15, 0.2) is 81.5 Å². The van der Waals surface area contributed by atoms with Crippen LogP contribution in [-0.4, -0.2) is 25.2 Å². The van der Waals surface area contributed by atoms with Gasteiger partial charge in [0.2, 0.25) is 0 Å². The first-order valence-electron chi connectivity index (χ1n) is 15.7. The number of rotatable bonds is 20. The lowest BCUT2D eigenvalue weighted by Gasteiger charge is -2.14. The van der Waals surface area contributed by atoms with E-state index in [2.05, 4.69) is 79.7 Å². The van der Waals surface area contributed by atoms with Crippen molar-refractivity contribution in [2.45, 2.75) is 127 Å². The maximum Gasteiger partial charge on any atom is 0.320 e. The van der Waals surface area contributed by atoms with E-state index < -0.39 is 17.9 Å². The van der Waals surface area contributed by atoms with E-state index in [4.69, 9.17) is 9.47 Å². The highest BCUT2D eigenvalue weighted by atomic mass is 16.6. The van der Waals surface area contributed by atoms with Crippen LogP contribution in [0, 0.1) is 5.92 Å². The molecule has 0 fully saturated rings. The fourth-order valence-electron chi connectivity index (χ4n) is 4.06. The van der Waals surface area contributed by atoms with Gasteiger partial charge in [-0.3, -0.25) is 9.59 Å². The molecule has 1 atom stereocenters. The Morgan fingerprint density at radius 3 is 1.12 bits per heavy atom. The van der Waals surface area contributed by atoms with Crippen molar-refractivity contribution in [3.8, 4) is 0 Å². The molecule has 0 saturated carbocycles. The molecule has 1 unspecified atom stereocenters. The second-order valence-corrected chi connectivity index (χ2v) is 12.2. The summed E-state index contributed by atoms with van der Waals surface area (Å²) in [4.78, 5) is 26.0. The molecule has 4 nitrogen and oxygen atoms in total. The molecule has 0 aromatic carbocycles. The number of carbonyl (C=O) groups is 2. The van der Waals surface area contributed by atoms with Crippen LogP contribution < -0.4 is 0 Å². The lowest BCUT2D eigenvalue weighted by Crippen LogP contribution is -2.28. The third kappa shape index (κ3) is 22.8. The highest BCUT2D eigenvalue weighted by Gasteiger charge is 2.28. The number of esters is 2. The molecule has 0 N–H and O–H groups in total. The molecule has 0 radical (unpaired) electrons. The van der Waals surface area contributed by atoms with Crippen molar-refractivity contribution in [3.63, 3.8) is 0 Å². The van der Waals surface area contributed by atoms with E-state index in [1.54, 1.807) is 0 Å². The normalized spacial score (nSPS) is 13.3. The number of hydrogen-bond acceptors (Lipinski definition) is 4. The van der Waals surface area contributed by atoms with Gasteiger partial charge in [0.25, 0.3) is 0 Å². The molecule has 0 aliphatic heterocycles. The minimum atomic E-state index is -0.972. The Bertz CT molecular complexity index is 977. The van der Waals surface area contributed by atoms with E-state index >= 15 is 0 Å². The average Bonchev–Trinajstić information content (AvgIpc) is 2.88. The molecular weight excluding hydrogens is 520 g/mol. The maximum absolute atomic E-state index is 13.0. The quantitative estimate of drug-likeness (QED) is 0.0816. The van der Waals surface area contributed by atoms with E-state index in [9.17, 15) is 9.59 Å². The van der Waals surface area contributed by atoms with E-state index in [0.29, 0.717) is 0 Å². The summed E-state index contributed by atoms with van der Waals surface area (Å²) in [5.41, 5.74) is 8.80. The molecule has 0 spiro atoms. The summed E-state index contributed by atoms with van der Waals surface area (Å²) in [6.07, 6.45) is 22.8. The van der Waals surface area contributed by atoms with Crippen LogP contribution in [0.25, 0.3) is 0 Å². The number of allylic oxidation sites excluding steroid dienone is 12. The summed E-state index contributed by atoms with van der Waals surface area (Å²) >= 11 is 0. The summed E-state index contributed by atoms with van der Waals surface area (Å²) in [5, 5.41) is 0. The summed E-state index contributed by atoms with van der Waals surface area (Å²) in [6.45, 7) is 21.2. The predicted octanol–water partition coefficient (Wildman–Crippen LogP) is 10.9. The molecule has 0 aliphatic rings. The minimum absolute atomic E-state index is 0.159. The molecule has 42 heavy (non-hydrogen) atoms. The van der Waals surface area contributed by atoms with Crippen molar-refractivity contribution in [1.82, 2.24) is 0 Å². The lowest BCUT2D eigenvalue weighted by atomic mass is 10.0. The van der Waals surface area contributed by atoms with Crippen LogP contribution in [0.4, 0.5) is 0 Å². The largest absolute Gasteiger partial charge is 0.461 e. The van der Waals surface area contributed by atoms with E-state index in [0.717, 1.165) is 68.1 Å². The van der Waals surface area contributed by atoms with Gasteiger partial charge < -0.3 is 9.47 Å². The van der Waals surface area contributed by atoms with Gasteiger partial charge in [-0.1, -0.05) is 69.4 Å². The fraction of sp³-hybridized carbons (Fsp3) is 0.579. The molecule has 0 bridgehead atoms. The number of carbonyl (C=O) groups excluding carboxylic acids is 2. The fourth-order valence-corrected chi connectivity index (χ4v) is 4.06. The molecule has 0 saturated heterocycles. The van der Waals surface area contributed by atoms with E-state index in [-0.39, 0.29) is 19.6 Å². The summed E-state index contributed by atoms with van der Waals surface area (Å²) in [7, 11) is 0. The van der Waals surface area contributed by atoms with Crippen molar-refractivity contribution >= 4 is 11.9 Å². The second kappa shape index (κ2) is 23.7. The van der Waals surface area contributed by atoms with Gasteiger partial charge in [-0.2, -0.15) is 0 Å². The first kappa shape index (κ1) is 39.1. The zero-order valence-electron chi connectivity index (χ0n) is 28.5. The van der Waals surface area contributed by atoms with Gasteiger partial charge in [-0.25, -0.2) is 0 Å². The number of ether oxygens (including phenoxy) is 2.